The van der Waals surface area contributed by atoms with Gasteiger partial charge in [-0.05, 0) is 18.6 Å². The third kappa shape index (κ3) is 3.91. The van der Waals surface area contributed by atoms with Crippen LogP contribution in [0.3, 0.4) is 0 Å². The molecule has 0 fully saturated rings. The van der Waals surface area contributed by atoms with E-state index in [1.54, 1.807) is 0 Å². The molecule has 0 saturated carbocycles. The van der Waals surface area contributed by atoms with Crippen molar-refractivity contribution in [1.29, 1.82) is 0 Å². The number of ether oxygens (including phenoxy) is 1. The van der Waals surface area contributed by atoms with Crippen LogP contribution in [-0.4, -0.2) is 29.0 Å². The molecule has 0 aliphatic carbocycles. The summed E-state index contributed by atoms with van der Waals surface area (Å²) in [5.41, 5.74) is 1.56. The van der Waals surface area contributed by atoms with Crippen molar-refractivity contribution in [2.75, 3.05) is 13.2 Å². The van der Waals surface area contributed by atoms with E-state index in [2.05, 4.69) is 22.2 Å². The Hall–Kier alpha value is -2.17. The molecule has 0 aliphatic heterocycles. The summed E-state index contributed by atoms with van der Waals surface area (Å²) in [6, 6.07) is 7.52. The summed E-state index contributed by atoms with van der Waals surface area (Å²) in [5.74, 6) is 0.229. The van der Waals surface area contributed by atoms with Gasteiger partial charge < -0.3 is 10.1 Å². The number of para-hydroxylation sites is 2. The topological polar surface area (TPSA) is 64.1 Å². The summed E-state index contributed by atoms with van der Waals surface area (Å²) in [6.45, 7) is 2.73. The maximum atomic E-state index is 11.5. The van der Waals surface area contributed by atoms with Gasteiger partial charge in [-0.2, -0.15) is 0 Å². The van der Waals surface area contributed by atoms with Crippen LogP contribution in [0.15, 0.2) is 30.5 Å². The highest BCUT2D eigenvalue weighted by atomic mass is 16.5. The molecule has 1 heterocycles. The summed E-state index contributed by atoms with van der Waals surface area (Å²) in [6.07, 6.45) is 3.56. The van der Waals surface area contributed by atoms with Gasteiger partial charge in [0.25, 0.3) is 5.91 Å². The molecule has 1 N–H and O–H groups in total. The minimum absolute atomic E-state index is 0.0310. The van der Waals surface area contributed by atoms with Crippen LogP contribution in [0.1, 0.15) is 19.8 Å². The number of hydrogen-bond acceptors (Lipinski definition) is 4. The van der Waals surface area contributed by atoms with Crippen LogP contribution < -0.4 is 10.1 Å². The van der Waals surface area contributed by atoms with E-state index in [9.17, 15) is 4.79 Å². The van der Waals surface area contributed by atoms with Crippen LogP contribution in [0.4, 0.5) is 0 Å². The first-order valence-electron chi connectivity index (χ1n) is 6.41. The van der Waals surface area contributed by atoms with Gasteiger partial charge in [-0.25, -0.2) is 9.97 Å². The van der Waals surface area contributed by atoms with Crippen molar-refractivity contribution in [3.63, 3.8) is 0 Å². The molecule has 0 bridgehead atoms. The van der Waals surface area contributed by atoms with Crippen molar-refractivity contribution < 1.29 is 9.53 Å². The van der Waals surface area contributed by atoms with E-state index in [-0.39, 0.29) is 12.5 Å². The molecule has 19 heavy (non-hydrogen) atoms. The van der Waals surface area contributed by atoms with E-state index < -0.39 is 0 Å². The zero-order chi connectivity index (χ0) is 13.5. The van der Waals surface area contributed by atoms with Crippen LogP contribution in [0, 0.1) is 0 Å². The summed E-state index contributed by atoms with van der Waals surface area (Å²) in [5, 5.41) is 2.78. The molecule has 0 spiro atoms. The van der Waals surface area contributed by atoms with Crippen molar-refractivity contribution in [1.82, 2.24) is 15.3 Å². The molecule has 5 heteroatoms. The second-order valence-electron chi connectivity index (χ2n) is 4.19. The Morgan fingerprint density at radius 3 is 2.89 bits per heavy atom. The lowest BCUT2D eigenvalue weighted by atomic mass is 10.3. The van der Waals surface area contributed by atoms with Crippen molar-refractivity contribution in [3.05, 3.63) is 30.5 Å². The van der Waals surface area contributed by atoms with Gasteiger partial charge in [0.15, 0.2) is 6.61 Å². The SMILES string of the molecule is CCCCNC(=O)COc1cnc2ccccc2n1. The van der Waals surface area contributed by atoms with E-state index in [1.807, 2.05) is 24.3 Å². The predicted octanol–water partition coefficient (Wildman–Crippen LogP) is 1.92. The quantitative estimate of drug-likeness (QED) is 0.805. The molecule has 1 aromatic carbocycles. The number of benzene rings is 1. The molecule has 1 amide bonds. The molecular weight excluding hydrogens is 242 g/mol. The smallest absolute Gasteiger partial charge is 0.258 e. The number of nitrogens with zero attached hydrogens (tertiary/aromatic N) is 2. The monoisotopic (exact) mass is 259 g/mol. The fourth-order valence-corrected chi connectivity index (χ4v) is 1.60. The number of carbonyl (C=O) groups excluding carboxylic acids is 1. The Bertz CT molecular complexity index is 557. The minimum atomic E-state index is -0.136. The van der Waals surface area contributed by atoms with Crippen molar-refractivity contribution in [2.45, 2.75) is 19.8 Å². The summed E-state index contributed by atoms with van der Waals surface area (Å²) < 4.78 is 5.32. The van der Waals surface area contributed by atoms with E-state index in [1.165, 1.54) is 6.20 Å². The van der Waals surface area contributed by atoms with Crippen LogP contribution in [0.5, 0.6) is 5.88 Å². The molecule has 0 aliphatic rings. The molecular formula is C14H17N3O2. The Balaban J connectivity index is 1.89. The Morgan fingerprint density at radius 1 is 1.32 bits per heavy atom. The Kier molecular flexibility index (Phi) is 4.66. The lowest BCUT2D eigenvalue weighted by Gasteiger charge is -2.06. The second kappa shape index (κ2) is 6.68. The van der Waals surface area contributed by atoms with E-state index in [0.717, 1.165) is 23.9 Å². The largest absolute Gasteiger partial charge is 0.466 e. The highest BCUT2D eigenvalue weighted by Gasteiger charge is 2.04. The lowest BCUT2D eigenvalue weighted by molar-refractivity contribution is -0.123. The first kappa shape index (κ1) is 13.3. The number of hydrogen-bond donors (Lipinski definition) is 1. The molecule has 0 saturated heterocycles. The second-order valence-corrected chi connectivity index (χ2v) is 4.19. The predicted molar refractivity (Wildman–Crippen MR) is 73.0 cm³/mol. The average Bonchev–Trinajstić information content (AvgIpc) is 2.45. The molecule has 100 valence electrons. The first-order valence-corrected chi connectivity index (χ1v) is 6.41. The number of rotatable bonds is 6. The molecule has 2 aromatic rings. The lowest BCUT2D eigenvalue weighted by Crippen LogP contribution is -2.29. The van der Waals surface area contributed by atoms with Crippen molar-refractivity contribution in [3.8, 4) is 5.88 Å². The van der Waals surface area contributed by atoms with E-state index in [4.69, 9.17) is 4.74 Å². The average molecular weight is 259 g/mol. The number of carbonyl (C=O) groups is 1. The number of aromatic nitrogens is 2. The zero-order valence-electron chi connectivity index (χ0n) is 10.9. The highest BCUT2D eigenvalue weighted by molar-refractivity contribution is 5.77. The molecule has 5 nitrogen and oxygen atoms in total. The van der Waals surface area contributed by atoms with E-state index >= 15 is 0 Å². The standard InChI is InChI=1S/C14H17N3O2/c1-2-3-8-15-13(18)10-19-14-9-16-11-6-4-5-7-12(11)17-14/h4-7,9H,2-3,8,10H2,1H3,(H,15,18). The number of nitrogens with one attached hydrogen (secondary N) is 1. The Morgan fingerprint density at radius 2 is 2.11 bits per heavy atom. The summed E-state index contributed by atoms with van der Waals surface area (Å²) in [7, 11) is 0. The highest BCUT2D eigenvalue weighted by Crippen LogP contribution is 2.12. The Labute approximate surface area is 112 Å². The van der Waals surface area contributed by atoms with Gasteiger partial charge in [0.2, 0.25) is 5.88 Å². The summed E-state index contributed by atoms with van der Waals surface area (Å²) in [4.78, 5) is 20.0. The zero-order valence-corrected chi connectivity index (χ0v) is 10.9. The van der Waals surface area contributed by atoms with Crippen molar-refractivity contribution >= 4 is 16.9 Å². The molecule has 0 atom stereocenters. The fraction of sp³-hybridized carbons (Fsp3) is 0.357. The number of unbranched alkanes of at least 4 members (excludes halogenated alkanes) is 1. The van der Waals surface area contributed by atoms with Crippen molar-refractivity contribution in [2.24, 2.45) is 0 Å². The minimum Gasteiger partial charge on any atom is -0.466 e. The summed E-state index contributed by atoms with van der Waals surface area (Å²) >= 11 is 0. The van der Waals surface area contributed by atoms with Gasteiger partial charge in [-0.15, -0.1) is 0 Å². The van der Waals surface area contributed by atoms with Gasteiger partial charge in [-0.1, -0.05) is 25.5 Å². The van der Waals surface area contributed by atoms with Crippen LogP contribution in [-0.2, 0) is 4.79 Å². The van der Waals surface area contributed by atoms with Gasteiger partial charge in [-0.3, -0.25) is 4.79 Å². The molecule has 0 radical (unpaired) electrons. The van der Waals surface area contributed by atoms with Gasteiger partial charge >= 0.3 is 0 Å². The third-order valence-corrected chi connectivity index (χ3v) is 2.63. The number of fused-ring (bicyclic) bond motifs is 1. The van der Waals surface area contributed by atoms with Gasteiger partial charge in [0, 0.05) is 6.54 Å². The first-order chi connectivity index (χ1) is 9.29. The molecule has 2 rings (SSSR count). The number of amides is 1. The maximum absolute atomic E-state index is 11.5. The molecule has 1 aromatic heterocycles. The van der Waals surface area contributed by atoms with E-state index in [0.29, 0.717) is 12.4 Å². The van der Waals surface area contributed by atoms with Gasteiger partial charge in [0.05, 0.1) is 17.2 Å². The maximum Gasteiger partial charge on any atom is 0.258 e. The normalized spacial score (nSPS) is 10.4. The van der Waals surface area contributed by atoms with Crippen LogP contribution in [0.25, 0.3) is 11.0 Å². The van der Waals surface area contributed by atoms with Crippen LogP contribution >= 0.6 is 0 Å². The third-order valence-electron chi connectivity index (χ3n) is 2.63. The van der Waals surface area contributed by atoms with Crippen LogP contribution in [0.2, 0.25) is 0 Å². The fourth-order valence-electron chi connectivity index (χ4n) is 1.60. The molecule has 0 unspecified atom stereocenters. The van der Waals surface area contributed by atoms with Gasteiger partial charge in [0.1, 0.15) is 0 Å².